The van der Waals surface area contributed by atoms with Crippen LogP contribution in [0, 0.1) is 6.92 Å². The van der Waals surface area contributed by atoms with Gasteiger partial charge in [0.25, 0.3) is 10.0 Å². The van der Waals surface area contributed by atoms with E-state index in [2.05, 4.69) is 5.32 Å². The summed E-state index contributed by atoms with van der Waals surface area (Å²) in [5.74, 6) is -0.472. The zero-order valence-corrected chi connectivity index (χ0v) is 24.8. The number of methoxy groups -OCH3 is 1. The fraction of sp³-hybridized carbons (Fsp3) is 0.333. The molecule has 0 saturated heterocycles. The minimum absolute atomic E-state index is 0.0190. The number of nitrogens with zero attached hydrogens (tertiary/aromatic N) is 2. The van der Waals surface area contributed by atoms with E-state index in [0.29, 0.717) is 12.3 Å². The molecule has 1 atom stereocenters. The molecule has 214 valence electrons. The SMILES string of the molecule is CCCCNC(=O)[C@@H](C)N(Cc1ccccc1C)C(=O)CN(c1ccc(OC)c(Cl)c1)S(=O)(=O)c1ccccc1. The Hall–Kier alpha value is -3.56. The molecule has 0 unspecified atom stereocenters. The highest BCUT2D eigenvalue weighted by molar-refractivity contribution is 7.92. The zero-order valence-electron chi connectivity index (χ0n) is 23.3. The van der Waals surface area contributed by atoms with Gasteiger partial charge in [0.15, 0.2) is 0 Å². The molecule has 2 amide bonds. The molecule has 0 saturated carbocycles. The van der Waals surface area contributed by atoms with E-state index in [-0.39, 0.29) is 28.1 Å². The summed E-state index contributed by atoms with van der Waals surface area (Å²) in [7, 11) is -2.72. The van der Waals surface area contributed by atoms with E-state index in [0.717, 1.165) is 28.3 Å². The molecule has 40 heavy (non-hydrogen) atoms. The topological polar surface area (TPSA) is 96.0 Å². The maximum Gasteiger partial charge on any atom is 0.264 e. The van der Waals surface area contributed by atoms with Crippen molar-refractivity contribution < 1.29 is 22.7 Å². The van der Waals surface area contributed by atoms with Crippen LogP contribution in [0.3, 0.4) is 0 Å². The maximum atomic E-state index is 14.0. The van der Waals surface area contributed by atoms with Crippen LogP contribution in [0.1, 0.15) is 37.8 Å². The second kappa shape index (κ2) is 14.2. The zero-order chi connectivity index (χ0) is 29.3. The van der Waals surface area contributed by atoms with E-state index in [1.54, 1.807) is 31.2 Å². The van der Waals surface area contributed by atoms with E-state index < -0.39 is 28.5 Å². The fourth-order valence-corrected chi connectivity index (χ4v) is 5.83. The predicted molar refractivity (Wildman–Crippen MR) is 158 cm³/mol. The van der Waals surface area contributed by atoms with Crippen LogP contribution in [0.5, 0.6) is 5.75 Å². The van der Waals surface area contributed by atoms with E-state index in [9.17, 15) is 18.0 Å². The summed E-state index contributed by atoms with van der Waals surface area (Å²) in [5, 5.41) is 3.08. The van der Waals surface area contributed by atoms with Crippen molar-refractivity contribution in [2.45, 2.75) is 51.1 Å². The summed E-state index contributed by atoms with van der Waals surface area (Å²) in [5.41, 5.74) is 2.00. The smallest absolute Gasteiger partial charge is 0.264 e. The Labute approximate surface area is 241 Å². The van der Waals surface area contributed by atoms with Gasteiger partial charge < -0.3 is 15.0 Å². The summed E-state index contributed by atoms with van der Waals surface area (Å²) in [4.78, 5) is 28.5. The van der Waals surface area contributed by atoms with Gasteiger partial charge >= 0.3 is 0 Å². The molecule has 0 heterocycles. The van der Waals surface area contributed by atoms with Crippen LogP contribution in [0.4, 0.5) is 5.69 Å². The first-order valence-corrected chi connectivity index (χ1v) is 14.9. The van der Waals surface area contributed by atoms with Gasteiger partial charge in [-0.15, -0.1) is 0 Å². The van der Waals surface area contributed by atoms with Crippen molar-refractivity contribution >= 4 is 39.1 Å². The monoisotopic (exact) mass is 585 g/mol. The lowest BCUT2D eigenvalue weighted by atomic mass is 10.1. The highest BCUT2D eigenvalue weighted by Gasteiger charge is 2.33. The van der Waals surface area contributed by atoms with E-state index >= 15 is 0 Å². The molecule has 0 aliphatic carbocycles. The summed E-state index contributed by atoms with van der Waals surface area (Å²) in [6, 6.07) is 19.1. The number of amides is 2. The van der Waals surface area contributed by atoms with Crippen molar-refractivity contribution in [2.75, 3.05) is 24.5 Å². The molecule has 0 fully saturated rings. The van der Waals surface area contributed by atoms with Gasteiger partial charge in [-0.3, -0.25) is 13.9 Å². The van der Waals surface area contributed by atoms with Gasteiger partial charge in [-0.2, -0.15) is 0 Å². The number of rotatable bonds is 13. The third-order valence-electron chi connectivity index (χ3n) is 6.63. The van der Waals surface area contributed by atoms with E-state index in [1.165, 1.54) is 36.3 Å². The lowest BCUT2D eigenvalue weighted by Gasteiger charge is -2.32. The van der Waals surface area contributed by atoms with Crippen LogP contribution in [-0.2, 0) is 26.2 Å². The molecular weight excluding hydrogens is 550 g/mol. The lowest BCUT2D eigenvalue weighted by molar-refractivity contribution is -0.139. The van der Waals surface area contributed by atoms with Crippen molar-refractivity contribution in [1.82, 2.24) is 10.2 Å². The first-order valence-electron chi connectivity index (χ1n) is 13.1. The Kier molecular flexibility index (Phi) is 11.0. The molecule has 1 N–H and O–H groups in total. The average molecular weight is 586 g/mol. The Balaban J connectivity index is 2.03. The van der Waals surface area contributed by atoms with Gasteiger partial charge in [0.2, 0.25) is 11.8 Å². The van der Waals surface area contributed by atoms with Crippen molar-refractivity contribution in [2.24, 2.45) is 0 Å². The average Bonchev–Trinajstić information content (AvgIpc) is 2.95. The third kappa shape index (κ3) is 7.55. The number of hydrogen-bond acceptors (Lipinski definition) is 5. The number of nitrogens with one attached hydrogen (secondary N) is 1. The first kappa shape index (κ1) is 31.0. The van der Waals surface area contributed by atoms with Crippen LogP contribution in [0.25, 0.3) is 0 Å². The van der Waals surface area contributed by atoms with Crippen molar-refractivity contribution in [1.29, 1.82) is 0 Å². The normalized spacial score (nSPS) is 11.9. The highest BCUT2D eigenvalue weighted by atomic mass is 35.5. The van der Waals surface area contributed by atoms with Gasteiger partial charge in [0, 0.05) is 13.1 Å². The third-order valence-corrected chi connectivity index (χ3v) is 8.72. The number of unbranched alkanes of at least 4 members (excludes halogenated alkanes) is 1. The molecule has 10 heteroatoms. The molecule has 3 aromatic carbocycles. The molecule has 3 rings (SSSR count). The second-order valence-corrected chi connectivity index (χ2v) is 11.7. The predicted octanol–water partition coefficient (Wildman–Crippen LogP) is 5.19. The minimum atomic E-state index is -4.18. The Morgan fingerprint density at radius 3 is 2.33 bits per heavy atom. The number of ether oxygens (including phenoxy) is 1. The number of anilines is 1. The Morgan fingerprint density at radius 2 is 1.70 bits per heavy atom. The first-order chi connectivity index (χ1) is 19.1. The van der Waals surface area contributed by atoms with Crippen molar-refractivity contribution in [3.05, 3.63) is 88.9 Å². The molecule has 0 aliphatic rings. The molecular formula is C30H36ClN3O5S. The van der Waals surface area contributed by atoms with E-state index in [4.69, 9.17) is 16.3 Å². The van der Waals surface area contributed by atoms with Crippen LogP contribution in [-0.4, -0.2) is 51.4 Å². The molecule has 8 nitrogen and oxygen atoms in total. The number of hydrogen-bond donors (Lipinski definition) is 1. The molecule has 0 aromatic heterocycles. The van der Waals surface area contributed by atoms with Gasteiger partial charge in [-0.25, -0.2) is 8.42 Å². The quantitative estimate of drug-likeness (QED) is 0.279. The van der Waals surface area contributed by atoms with Crippen molar-refractivity contribution in [3.63, 3.8) is 0 Å². The number of halogens is 1. The van der Waals surface area contributed by atoms with Crippen LogP contribution >= 0.6 is 11.6 Å². The van der Waals surface area contributed by atoms with Crippen LogP contribution in [0.2, 0.25) is 5.02 Å². The summed E-state index contributed by atoms with van der Waals surface area (Å²) in [6.45, 7) is 5.68. The van der Waals surface area contributed by atoms with E-state index in [1.807, 2.05) is 38.1 Å². The second-order valence-electron chi connectivity index (χ2n) is 9.41. The Morgan fingerprint density at radius 1 is 1.02 bits per heavy atom. The number of sulfonamides is 1. The number of aryl methyl sites for hydroxylation is 1. The molecule has 0 radical (unpaired) electrons. The standard InChI is InChI=1S/C30H36ClN3O5S/c1-5-6-18-32-30(36)23(3)33(20-24-13-11-10-12-22(24)2)29(35)21-34(25-16-17-28(39-4)27(31)19-25)40(37,38)26-14-8-7-9-15-26/h7-17,19,23H,5-6,18,20-21H2,1-4H3,(H,32,36)/t23-/m1/s1. The summed E-state index contributed by atoms with van der Waals surface area (Å²) < 4.78 is 33.9. The lowest BCUT2D eigenvalue weighted by Crippen LogP contribution is -2.51. The van der Waals surface area contributed by atoms with Gasteiger partial charge in [0.1, 0.15) is 18.3 Å². The summed E-state index contributed by atoms with van der Waals surface area (Å²) >= 11 is 6.35. The van der Waals surface area contributed by atoms with Gasteiger partial charge in [0.05, 0.1) is 22.7 Å². The maximum absolute atomic E-state index is 14.0. The van der Waals surface area contributed by atoms with Crippen LogP contribution in [0.15, 0.2) is 77.7 Å². The molecule has 3 aromatic rings. The molecule has 0 bridgehead atoms. The summed E-state index contributed by atoms with van der Waals surface area (Å²) in [6.07, 6.45) is 1.72. The number of carbonyl (C=O) groups is 2. The van der Waals surface area contributed by atoms with Crippen molar-refractivity contribution in [3.8, 4) is 5.75 Å². The Bertz CT molecular complexity index is 1420. The largest absolute Gasteiger partial charge is 0.495 e. The highest BCUT2D eigenvalue weighted by Crippen LogP contribution is 2.32. The number of benzene rings is 3. The van der Waals surface area contributed by atoms with Gasteiger partial charge in [-0.05, 0) is 61.7 Å². The fourth-order valence-electron chi connectivity index (χ4n) is 4.15. The van der Waals surface area contributed by atoms with Gasteiger partial charge in [-0.1, -0.05) is 67.4 Å². The molecule has 0 spiro atoms. The van der Waals surface area contributed by atoms with Crippen LogP contribution < -0.4 is 14.4 Å². The number of carbonyl (C=O) groups excluding carboxylic acids is 2. The molecule has 0 aliphatic heterocycles. The minimum Gasteiger partial charge on any atom is -0.495 e.